The lowest BCUT2D eigenvalue weighted by Crippen LogP contribution is -2.59. The Labute approximate surface area is 216 Å². The lowest BCUT2D eigenvalue weighted by Gasteiger charge is -2.41. The second kappa shape index (κ2) is 13.5. The van der Waals surface area contributed by atoms with E-state index in [1.807, 2.05) is 21.9 Å². The molecule has 1 aromatic rings. The molecule has 0 radical (unpaired) electrons. The Morgan fingerprint density at radius 2 is 1.81 bits per heavy atom. The van der Waals surface area contributed by atoms with E-state index in [1.54, 1.807) is 12.1 Å². The Hall–Kier alpha value is -2.01. The summed E-state index contributed by atoms with van der Waals surface area (Å²) in [6.45, 7) is 11.3. The quantitative estimate of drug-likeness (QED) is 0.323. The minimum absolute atomic E-state index is 0.0170. The van der Waals surface area contributed by atoms with Crippen LogP contribution in [0.2, 0.25) is 0 Å². The third-order valence-electron chi connectivity index (χ3n) is 7.30. The zero-order valence-corrected chi connectivity index (χ0v) is 22.8. The van der Waals surface area contributed by atoms with E-state index < -0.39 is 9.84 Å². The molecule has 0 aliphatic carbocycles. The molecule has 0 aromatic heterocycles. The zero-order valence-electron chi connectivity index (χ0n) is 22.0. The predicted molar refractivity (Wildman–Crippen MR) is 140 cm³/mol. The Morgan fingerprint density at radius 1 is 1.11 bits per heavy atom. The van der Waals surface area contributed by atoms with Gasteiger partial charge in [-0.05, 0) is 63.5 Å². The molecule has 3 rings (SSSR count). The van der Waals surface area contributed by atoms with E-state index in [1.165, 1.54) is 6.26 Å². The predicted octanol–water partition coefficient (Wildman–Crippen LogP) is 1.76. The van der Waals surface area contributed by atoms with Gasteiger partial charge in [0.05, 0.1) is 24.2 Å². The largest absolute Gasteiger partial charge is 0.378 e. The van der Waals surface area contributed by atoms with Crippen LogP contribution >= 0.6 is 0 Å². The number of likely N-dealkylation sites (N-methyl/N-ethyl adjacent to an activating group) is 1. The number of hydrogen-bond acceptors (Lipinski definition) is 7. The van der Waals surface area contributed by atoms with Crippen molar-refractivity contribution in [3.63, 3.8) is 0 Å². The first-order valence-electron chi connectivity index (χ1n) is 13.1. The molecule has 10 heteroatoms. The molecule has 2 aliphatic rings. The number of ether oxygens (including phenoxy) is 1. The lowest BCUT2D eigenvalue weighted by molar-refractivity contribution is -0.114. The van der Waals surface area contributed by atoms with Crippen molar-refractivity contribution in [3.8, 4) is 0 Å². The topological polar surface area (TPSA) is 90.5 Å². The average molecular weight is 523 g/mol. The van der Waals surface area contributed by atoms with Crippen LogP contribution in [0.3, 0.4) is 0 Å². The normalized spacial score (nSPS) is 20.5. The lowest BCUT2D eigenvalue weighted by atomic mass is 10.1. The van der Waals surface area contributed by atoms with Crippen LogP contribution in [0.15, 0.2) is 29.2 Å². The molecule has 2 aliphatic heterocycles. The van der Waals surface area contributed by atoms with Crippen LogP contribution in [-0.4, -0.2) is 124 Å². The van der Waals surface area contributed by atoms with E-state index in [9.17, 15) is 18.0 Å². The van der Waals surface area contributed by atoms with Gasteiger partial charge in [0, 0.05) is 45.0 Å². The fraction of sp³-hybridized carbons (Fsp3) is 0.692. The summed E-state index contributed by atoms with van der Waals surface area (Å²) < 4.78 is 28.7. The number of benzene rings is 1. The Bertz CT molecular complexity index is 950. The van der Waals surface area contributed by atoms with Crippen molar-refractivity contribution in [1.29, 1.82) is 0 Å². The summed E-state index contributed by atoms with van der Waals surface area (Å²) in [5, 5.41) is 0. The van der Waals surface area contributed by atoms with Crippen LogP contribution in [0, 0.1) is 0 Å². The smallest absolute Gasteiger partial charge is 0.320 e. The number of urea groups is 1. The van der Waals surface area contributed by atoms with Crippen LogP contribution in [0.1, 0.15) is 32.3 Å². The minimum Gasteiger partial charge on any atom is -0.378 e. The van der Waals surface area contributed by atoms with Crippen molar-refractivity contribution in [2.45, 2.75) is 50.1 Å². The zero-order chi connectivity index (χ0) is 26.1. The van der Waals surface area contributed by atoms with Crippen molar-refractivity contribution in [2.24, 2.45) is 0 Å². The maximum Gasteiger partial charge on any atom is 0.320 e. The van der Waals surface area contributed by atoms with E-state index in [2.05, 4.69) is 23.6 Å². The van der Waals surface area contributed by atoms with Gasteiger partial charge in [0.2, 0.25) is 0 Å². The molecule has 202 valence electrons. The van der Waals surface area contributed by atoms with Crippen molar-refractivity contribution < 1.29 is 22.7 Å². The molecule has 2 atom stereocenters. The number of aldehydes is 1. The van der Waals surface area contributed by atoms with Gasteiger partial charge in [-0.15, -0.1) is 0 Å². The standard InChI is InChI=1S/C26H42N4O5S/c1-4-27(22(2)19-23-7-9-25(10-8-23)36(3,33)34)11-5-6-12-28-13-14-30(20-24(28)21-31)26(32)29-15-17-35-18-16-29/h7-10,21-22,24H,4-6,11-20H2,1-3H3. The molecule has 1 aromatic carbocycles. The van der Waals surface area contributed by atoms with Gasteiger partial charge in [0.1, 0.15) is 6.29 Å². The van der Waals surface area contributed by atoms with Crippen LogP contribution in [0.5, 0.6) is 0 Å². The first-order valence-corrected chi connectivity index (χ1v) is 15.0. The maximum absolute atomic E-state index is 12.8. The number of sulfone groups is 1. The number of unbranched alkanes of at least 4 members (excludes halogenated alkanes) is 1. The average Bonchev–Trinajstić information content (AvgIpc) is 2.88. The van der Waals surface area contributed by atoms with Gasteiger partial charge in [0.25, 0.3) is 0 Å². The molecule has 0 saturated carbocycles. The highest BCUT2D eigenvalue weighted by molar-refractivity contribution is 7.90. The molecule has 0 N–H and O–H groups in total. The molecule has 0 bridgehead atoms. The molecule has 9 nitrogen and oxygen atoms in total. The van der Waals surface area contributed by atoms with Crippen LogP contribution in [-0.2, 0) is 25.8 Å². The molecule has 0 spiro atoms. The summed E-state index contributed by atoms with van der Waals surface area (Å²) in [5.41, 5.74) is 1.13. The maximum atomic E-state index is 12.8. The second-order valence-corrected chi connectivity index (χ2v) is 11.9. The Kier molecular flexibility index (Phi) is 10.7. The fourth-order valence-electron chi connectivity index (χ4n) is 5.05. The third-order valence-corrected chi connectivity index (χ3v) is 8.42. The second-order valence-electron chi connectivity index (χ2n) is 9.87. The van der Waals surface area contributed by atoms with Gasteiger partial charge >= 0.3 is 6.03 Å². The first kappa shape index (κ1) is 28.6. The van der Waals surface area contributed by atoms with Gasteiger partial charge in [-0.25, -0.2) is 13.2 Å². The van der Waals surface area contributed by atoms with Gasteiger partial charge < -0.3 is 24.2 Å². The van der Waals surface area contributed by atoms with Crippen molar-refractivity contribution >= 4 is 22.2 Å². The third kappa shape index (κ3) is 7.99. The molecule has 2 unspecified atom stereocenters. The molecular weight excluding hydrogens is 480 g/mol. The van der Waals surface area contributed by atoms with E-state index in [0.717, 1.165) is 57.3 Å². The number of hydrogen-bond donors (Lipinski definition) is 0. The Balaban J connectivity index is 1.41. The van der Waals surface area contributed by atoms with Gasteiger partial charge in [-0.3, -0.25) is 4.90 Å². The summed E-state index contributed by atoms with van der Waals surface area (Å²) in [7, 11) is -3.17. The fourth-order valence-corrected chi connectivity index (χ4v) is 5.68. The number of carbonyl (C=O) groups excluding carboxylic acids is 2. The Morgan fingerprint density at radius 3 is 2.42 bits per heavy atom. The van der Waals surface area contributed by atoms with Gasteiger partial charge in [-0.2, -0.15) is 0 Å². The number of amides is 2. The molecule has 2 heterocycles. The summed E-state index contributed by atoms with van der Waals surface area (Å²) in [5.74, 6) is 0. The number of piperazine rings is 1. The highest BCUT2D eigenvalue weighted by Crippen LogP contribution is 2.16. The van der Waals surface area contributed by atoms with Gasteiger partial charge in [0.15, 0.2) is 9.84 Å². The summed E-state index contributed by atoms with van der Waals surface area (Å²) >= 11 is 0. The number of carbonyl (C=O) groups is 2. The number of rotatable bonds is 11. The molecule has 2 fully saturated rings. The summed E-state index contributed by atoms with van der Waals surface area (Å²) in [6, 6.07) is 7.30. The van der Waals surface area contributed by atoms with E-state index in [-0.39, 0.29) is 12.1 Å². The van der Waals surface area contributed by atoms with Crippen LogP contribution in [0.25, 0.3) is 0 Å². The van der Waals surface area contributed by atoms with Crippen LogP contribution < -0.4 is 0 Å². The van der Waals surface area contributed by atoms with Gasteiger partial charge in [-0.1, -0.05) is 19.1 Å². The number of nitrogens with zero attached hydrogens (tertiary/aromatic N) is 4. The van der Waals surface area contributed by atoms with E-state index in [0.29, 0.717) is 50.3 Å². The van der Waals surface area contributed by atoms with Crippen molar-refractivity contribution in [1.82, 2.24) is 19.6 Å². The summed E-state index contributed by atoms with van der Waals surface area (Å²) in [4.78, 5) is 33.2. The van der Waals surface area contributed by atoms with E-state index >= 15 is 0 Å². The summed E-state index contributed by atoms with van der Waals surface area (Å²) in [6.07, 6.45) is 5.10. The first-order chi connectivity index (χ1) is 17.2. The van der Waals surface area contributed by atoms with E-state index in [4.69, 9.17) is 4.74 Å². The molecule has 2 saturated heterocycles. The molecule has 2 amide bonds. The highest BCUT2D eigenvalue weighted by Gasteiger charge is 2.31. The SMILES string of the molecule is CCN(CCCCN1CCN(C(=O)N2CCOCC2)CC1C=O)C(C)Cc1ccc(S(C)(=O)=O)cc1. The minimum atomic E-state index is -3.17. The number of morpholine rings is 1. The monoisotopic (exact) mass is 522 g/mol. The van der Waals surface area contributed by atoms with Crippen molar-refractivity contribution in [3.05, 3.63) is 29.8 Å². The molecule has 36 heavy (non-hydrogen) atoms. The molecular formula is C26H42N4O5S. The highest BCUT2D eigenvalue weighted by atomic mass is 32.2. The van der Waals surface area contributed by atoms with Crippen LogP contribution in [0.4, 0.5) is 4.79 Å². The van der Waals surface area contributed by atoms with Crippen molar-refractivity contribution in [2.75, 3.05) is 71.8 Å².